The van der Waals surface area contributed by atoms with E-state index in [1.54, 1.807) is 6.07 Å². The lowest BCUT2D eigenvalue weighted by Gasteiger charge is -2.27. The largest absolute Gasteiger partial charge is 0.384 e. The van der Waals surface area contributed by atoms with E-state index in [-0.39, 0.29) is 18.8 Å². The van der Waals surface area contributed by atoms with Crippen LogP contribution in [0.25, 0.3) is 0 Å². The molecule has 1 heterocycles. The molecule has 1 fully saturated rings. The summed E-state index contributed by atoms with van der Waals surface area (Å²) in [5.41, 5.74) is 6.41. The van der Waals surface area contributed by atoms with Gasteiger partial charge in [-0.3, -0.25) is 0 Å². The van der Waals surface area contributed by atoms with Gasteiger partial charge >= 0.3 is 0 Å². The van der Waals surface area contributed by atoms with Crippen molar-refractivity contribution in [2.75, 3.05) is 5.73 Å². The van der Waals surface area contributed by atoms with Crippen molar-refractivity contribution in [3.8, 4) is 0 Å². The number of nitrogen functional groups attached to an aromatic ring is 1. The highest BCUT2D eigenvalue weighted by Gasteiger charge is 2.36. The lowest BCUT2D eigenvalue weighted by Crippen LogP contribution is -2.24. The minimum atomic E-state index is -2.51. The Labute approximate surface area is 93.1 Å². The monoisotopic (exact) mass is 227 g/mol. The van der Waals surface area contributed by atoms with Gasteiger partial charge in [0.1, 0.15) is 11.6 Å². The Morgan fingerprint density at radius 1 is 1.31 bits per heavy atom. The SMILES string of the molecule is Cc1cc(N)nc(C2CCC(F)(F)CC2)n1. The molecule has 16 heavy (non-hydrogen) atoms. The second-order valence-corrected chi connectivity index (χ2v) is 4.42. The van der Waals surface area contributed by atoms with Crippen molar-refractivity contribution in [1.82, 2.24) is 9.97 Å². The molecule has 0 bridgehead atoms. The average Bonchev–Trinajstić information content (AvgIpc) is 2.15. The second kappa shape index (κ2) is 3.96. The van der Waals surface area contributed by atoms with E-state index < -0.39 is 5.92 Å². The smallest absolute Gasteiger partial charge is 0.248 e. The maximum absolute atomic E-state index is 13.0. The Morgan fingerprint density at radius 3 is 2.50 bits per heavy atom. The molecule has 0 amide bonds. The number of halogens is 2. The Hall–Kier alpha value is -1.26. The van der Waals surface area contributed by atoms with Crippen LogP contribution in [0.5, 0.6) is 0 Å². The lowest BCUT2D eigenvalue weighted by atomic mass is 9.86. The van der Waals surface area contributed by atoms with E-state index in [0.717, 1.165) is 5.69 Å². The molecule has 0 unspecified atom stereocenters. The van der Waals surface area contributed by atoms with Crippen molar-refractivity contribution in [3.05, 3.63) is 17.6 Å². The van der Waals surface area contributed by atoms with Crippen LogP contribution in [-0.2, 0) is 0 Å². The first-order valence-corrected chi connectivity index (χ1v) is 5.45. The van der Waals surface area contributed by atoms with E-state index in [4.69, 9.17) is 5.73 Å². The van der Waals surface area contributed by atoms with Crippen LogP contribution in [-0.4, -0.2) is 15.9 Å². The molecule has 2 rings (SSSR count). The molecule has 0 spiro atoms. The summed E-state index contributed by atoms with van der Waals surface area (Å²) in [4.78, 5) is 8.40. The number of nitrogens with zero attached hydrogens (tertiary/aromatic N) is 2. The zero-order chi connectivity index (χ0) is 11.8. The molecule has 1 aliphatic carbocycles. The quantitative estimate of drug-likeness (QED) is 0.802. The van der Waals surface area contributed by atoms with Gasteiger partial charge in [-0.2, -0.15) is 0 Å². The van der Waals surface area contributed by atoms with Crippen LogP contribution in [0, 0.1) is 6.92 Å². The van der Waals surface area contributed by atoms with Gasteiger partial charge in [0.25, 0.3) is 0 Å². The molecule has 0 aliphatic heterocycles. The summed E-state index contributed by atoms with van der Waals surface area (Å²) >= 11 is 0. The Balaban J connectivity index is 2.14. The summed E-state index contributed by atoms with van der Waals surface area (Å²) < 4.78 is 26.0. The number of nitrogens with two attached hydrogens (primary N) is 1. The first kappa shape index (κ1) is 11.2. The van der Waals surface area contributed by atoms with Crippen LogP contribution in [0.15, 0.2) is 6.07 Å². The molecule has 2 N–H and O–H groups in total. The summed E-state index contributed by atoms with van der Waals surface area (Å²) in [5, 5.41) is 0. The van der Waals surface area contributed by atoms with Gasteiger partial charge in [-0.05, 0) is 19.8 Å². The summed E-state index contributed by atoms with van der Waals surface area (Å²) in [5.74, 6) is -1.44. The predicted molar refractivity (Wildman–Crippen MR) is 57.3 cm³/mol. The molecule has 5 heteroatoms. The molecule has 1 saturated carbocycles. The highest BCUT2D eigenvalue weighted by molar-refractivity contribution is 5.30. The fraction of sp³-hybridized carbons (Fsp3) is 0.636. The van der Waals surface area contributed by atoms with Crippen LogP contribution in [0.1, 0.15) is 43.1 Å². The number of anilines is 1. The van der Waals surface area contributed by atoms with Gasteiger partial charge in [-0.15, -0.1) is 0 Å². The van der Waals surface area contributed by atoms with Crippen LogP contribution in [0.2, 0.25) is 0 Å². The molecular weight excluding hydrogens is 212 g/mol. The normalized spacial score (nSPS) is 20.9. The zero-order valence-corrected chi connectivity index (χ0v) is 9.21. The molecule has 0 atom stereocenters. The molecule has 0 radical (unpaired) electrons. The minimum absolute atomic E-state index is 0.0295. The third-order valence-corrected chi connectivity index (χ3v) is 2.97. The van der Waals surface area contributed by atoms with Crippen molar-refractivity contribution in [2.45, 2.75) is 44.4 Å². The maximum Gasteiger partial charge on any atom is 0.248 e. The van der Waals surface area contributed by atoms with E-state index in [9.17, 15) is 8.78 Å². The molecule has 88 valence electrons. The predicted octanol–water partition coefficient (Wildman–Crippen LogP) is 2.66. The van der Waals surface area contributed by atoms with E-state index in [1.807, 2.05) is 6.92 Å². The molecular formula is C11H15F2N3. The van der Waals surface area contributed by atoms with Gasteiger partial charge in [0.15, 0.2) is 0 Å². The fourth-order valence-corrected chi connectivity index (χ4v) is 2.10. The summed E-state index contributed by atoms with van der Waals surface area (Å²) in [6.45, 7) is 1.83. The first-order valence-electron chi connectivity index (χ1n) is 5.45. The highest BCUT2D eigenvalue weighted by Crippen LogP contribution is 2.39. The number of alkyl halides is 2. The maximum atomic E-state index is 13.0. The van der Waals surface area contributed by atoms with Crippen LogP contribution in [0.4, 0.5) is 14.6 Å². The van der Waals surface area contributed by atoms with Gasteiger partial charge in [-0.1, -0.05) is 0 Å². The number of hydrogen-bond acceptors (Lipinski definition) is 3. The van der Waals surface area contributed by atoms with Crippen LogP contribution >= 0.6 is 0 Å². The lowest BCUT2D eigenvalue weighted by molar-refractivity contribution is -0.0387. The Kier molecular flexibility index (Phi) is 2.78. The van der Waals surface area contributed by atoms with Gasteiger partial charge < -0.3 is 5.73 Å². The molecule has 1 aromatic rings. The van der Waals surface area contributed by atoms with Gasteiger partial charge in [-0.25, -0.2) is 18.7 Å². The second-order valence-electron chi connectivity index (χ2n) is 4.42. The molecule has 0 saturated heterocycles. The van der Waals surface area contributed by atoms with E-state index in [1.165, 1.54) is 0 Å². The van der Waals surface area contributed by atoms with Gasteiger partial charge in [0.2, 0.25) is 5.92 Å². The fourth-order valence-electron chi connectivity index (χ4n) is 2.10. The first-order chi connectivity index (χ1) is 7.46. The molecule has 0 aromatic carbocycles. The van der Waals surface area contributed by atoms with Crippen molar-refractivity contribution in [3.63, 3.8) is 0 Å². The topological polar surface area (TPSA) is 51.8 Å². The van der Waals surface area contributed by atoms with Crippen molar-refractivity contribution >= 4 is 5.82 Å². The number of rotatable bonds is 1. The molecule has 1 aliphatic rings. The highest BCUT2D eigenvalue weighted by atomic mass is 19.3. The standard InChI is InChI=1S/C11H15F2N3/c1-7-6-9(14)16-10(15-7)8-2-4-11(12,13)5-3-8/h6,8H,2-5H2,1H3,(H2,14,15,16). The third-order valence-electron chi connectivity index (χ3n) is 2.97. The van der Waals surface area contributed by atoms with Crippen LogP contribution < -0.4 is 5.73 Å². The van der Waals surface area contributed by atoms with Gasteiger partial charge in [0.05, 0.1) is 0 Å². The number of hydrogen-bond donors (Lipinski definition) is 1. The average molecular weight is 227 g/mol. The molecule has 1 aromatic heterocycles. The summed E-state index contributed by atoms with van der Waals surface area (Å²) in [6.07, 6.45) is 0.732. The summed E-state index contributed by atoms with van der Waals surface area (Å²) in [6, 6.07) is 1.68. The van der Waals surface area contributed by atoms with E-state index in [0.29, 0.717) is 24.5 Å². The van der Waals surface area contributed by atoms with E-state index >= 15 is 0 Å². The van der Waals surface area contributed by atoms with Crippen molar-refractivity contribution in [1.29, 1.82) is 0 Å². The summed E-state index contributed by atoms with van der Waals surface area (Å²) in [7, 11) is 0. The van der Waals surface area contributed by atoms with E-state index in [2.05, 4.69) is 9.97 Å². The van der Waals surface area contributed by atoms with Crippen LogP contribution in [0.3, 0.4) is 0 Å². The number of aromatic nitrogens is 2. The Morgan fingerprint density at radius 2 is 1.94 bits per heavy atom. The van der Waals surface area contributed by atoms with Gasteiger partial charge in [0, 0.05) is 30.5 Å². The number of aryl methyl sites for hydroxylation is 1. The minimum Gasteiger partial charge on any atom is -0.384 e. The van der Waals surface area contributed by atoms with Crippen molar-refractivity contribution < 1.29 is 8.78 Å². The molecule has 3 nitrogen and oxygen atoms in total. The Bertz CT molecular complexity index is 363. The zero-order valence-electron chi connectivity index (χ0n) is 9.21. The van der Waals surface area contributed by atoms with Crippen molar-refractivity contribution in [2.24, 2.45) is 0 Å². The third kappa shape index (κ3) is 2.46.